The molecule has 0 aromatic carbocycles. The van der Waals surface area contributed by atoms with E-state index in [0.29, 0.717) is 5.57 Å². The topological polar surface area (TPSA) is 38.8 Å². The van der Waals surface area contributed by atoms with Crippen molar-refractivity contribution < 1.29 is 14.3 Å². The molecule has 4 atom stereocenters. The second-order valence-corrected chi connectivity index (χ2v) is 5.98. The third kappa shape index (κ3) is 1.81. The smallest absolute Gasteiger partial charge is 0.334 e. The van der Waals surface area contributed by atoms with Crippen LogP contribution in [0, 0.1) is 5.92 Å². The van der Waals surface area contributed by atoms with Gasteiger partial charge in [0, 0.05) is 11.5 Å². The van der Waals surface area contributed by atoms with Gasteiger partial charge in [0.05, 0.1) is 5.60 Å². The minimum atomic E-state index is -0.233. The maximum absolute atomic E-state index is 11.7. The van der Waals surface area contributed by atoms with Gasteiger partial charge in [0.25, 0.3) is 0 Å². The van der Waals surface area contributed by atoms with Gasteiger partial charge < -0.3 is 9.47 Å². The fourth-order valence-corrected chi connectivity index (χ4v) is 3.20. The van der Waals surface area contributed by atoms with Crippen LogP contribution in [0.4, 0.5) is 0 Å². The molecule has 1 unspecified atom stereocenters. The summed E-state index contributed by atoms with van der Waals surface area (Å²) < 4.78 is 11.3. The number of epoxide rings is 1. The zero-order chi connectivity index (χ0) is 12.9. The molecule has 2 heterocycles. The van der Waals surface area contributed by atoms with Crippen molar-refractivity contribution in [2.45, 2.75) is 57.3 Å². The van der Waals surface area contributed by atoms with Crippen molar-refractivity contribution in [2.75, 3.05) is 0 Å². The molecule has 0 aromatic heterocycles. The van der Waals surface area contributed by atoms with Crippen molar-refractivity contribution in [2.24, 2.45) is 5.92 Å². The van der Waals surface area contributed by atoms with Crippen LogP contribution >= 0.6 is 0 Å². The van der Waals surface area contributed by atoms with Gasteiger partial charge >= 0.3 is 5.97 Å². The molecule has 0 amide bonds. The Bertz CT molecular complexity index is 437. The summed E-state index contributed by atoms with van der Waals surface area (Å²) in [7, 11) is 0. The van der Waals surface area contributed by atoms with E-state index in [4.69, 9.17) is 9.47 Å². The summed E-state index contributed by atoms with van der Waals surface area (Å²) in [5.74, 6) is -0.102. The van der Waals surface area contributed by atoms with Crippen LogP contribution in [0.25, 0.3) is 0 Å². The zero-order valence-corrected chi connectivity index (χ0v) is 11.1. The van der Waals surface area contributed by atoms with Gasteiger partial charge in [0.2, 0.25) is 0 Å². The molecule has 0 aromatic rings. The first-order valence-corrected chi connectivity index (χ1v) is 6.74. The van der Waals surface area contributed by atoms with Crippen molar-refractivity contribution in [1.29, 1.82) is 0 Å². The quantitative estimate of drug-likeness (QED) is 0.286. The fourth-order valence-electron chi connectivity index (χ4n) is 3.20. The standard InChI is InChI=1S/C15H20O3/c1-9-5-4-8-15(3)13(18-15)12-11(7-6-9)10(2)14(16)17-12/h5,11-13H,2,4,6-8H2,1,3H3/b9-5+/t11-,12?,13+,15+/m1/s1. The SMILES string of the molecule is C=C1C(=O)OC2[C@@H]1CC/C(C)=C/CC[C@]1(C)O[C@@H]21. The van der Waals surface area contributed by atoms with Gasteiger partial charge in [0.1, 0.15) is 12.2 Å². The van der Waals surface area contributed by atoms with E-state index in [-0.39, 0.29) is 29.7 Å². The van der Waals surface area contributed by atoms with E-state index in [1.54, 1.807) is 0 Å². The van der Waals surface area contributed by atoms with Gasteiger partial charge in [0.15, 0.2) is 0 Å². The second kappa shape index (κ2) is 3.95. The Kier molecular flexibility index (Phi) is 2.63. The molecule has 0 bridgehead atoms. The molecule has 3 nitrogen and oxygen atoms in total. The summed E-state index contributed by atoms with van der Waals surface area (Å²) in [4.78, 5) is 11.7. The fraction of sp³-hybridized carbons (Fsp3) is 0.667. The first-order valence-electron chi connectivity index (χ1n) is 6.74. The number of carbonyl (C=O) groups is 1. The minimum Gasteiger partial charge on any atom is -0.455 e. The van der Waals surface area contributed by atoms with Crippen molar-refractivity contribution >= 4 is 5.97 Å². The van der Waals surface area contributed by atoms with Crippen LogP contribution in [0.3, 0.4) is 0 Å². The molecule has 2 saturated heterocycles. The van der Waals surface area contributed by atoms with E-state index in [1.807, 2.05) is 0 Å². The zero-order valence-electron chi connectivity index (χ0n) is 11.1. The van der Waals surface area contributed by atoms with E-state index < -0.39 is 0 Å². The van der Waals surface area contributed by atoms with Crippen LogP contribution < -0.4 is 0 Å². The van der Waals surface area contributed by atoms with E-state index in [0.717, 1.165) is 25.7 Å². The molecule has 2 fully saturated rings. The van der Waals surface area contributed by atoms with Crippen molar-refractivity contribution in [1.82, 2.24) is 0 Å². The normalized spacial score (nSPS) is 46.6. The Hall–Kier alpha value is -1.09. The lowest BCUT2D eigenvalue weighted by molar-refractivity contribution is -0.140. The molecule has 98 valence electrons. The van der Waals surface area contributed by atoms with Crippen molar-refractivity contribution in [3.63, 3.8) is 0 Å². The Morgan fingerprint density at radius 1 is 1.50 bits per heavy atom. The molecule has 3 heteroatoms. The average molecular weight is 248 g/mol. The highest BCUT2D eigenvalue weighted by molar-refractivity contribution is 5.91. The molecular weight excluding hydrogens is 228 g/mol. The molecule has 2 aliphatic heterocycles. The first-order chi connectivity index (χ1) is 8.51. The second-order valence-electron chi connectivity index (χ2n) is 5.98. The number of fused-ring (bicyclic) bond motifs is 3. The minimum absolute atomic E-state index is 0.0671. The maximum atomic E-state index is 11.7. The van der Waals surface area contributed by atoms with Crippen molar-refractivity contribution in [3.8, 4) is 0 Å². The third-order valence-electron chi connectivity index (χ3n) is 4.57. The van der Waals surface area contributed by atoms with Crippen LogP contribution in [-0.2, 0) is 14.3 Å². The number of hydrogen-bond donors (Lipinski definition) is 0. The molecule has 0 N–H and O–H groups in total. The number of hydrogen-bond acceptors (Lipinski definition) is 3. The van der Waals surface area contributed by atoms with Gasteiger partial charge in [-0.25, -0.2) is 4.79 Å². The molecule has 0 spiro atoms. The van der Waals surface area contributed by atoms with Gasteiger partial charge in [-0.05, 0) is 39.5 Å². The predicted octanol–water partition coefficient (Wildman–Crippen LogP) is 2.76. The molecule has 3 aliphatic rings. The van der Waals surface area contributed by atoms with Crippen LogP contribution in [0.15, 0.2) is 23.8 Å². The largest absolute Gasteiger partial charge is 0.455 e. The molecule has 0 saturated carbocycles. The summed E-state index contributed by atoms with van der Waals surface area (Å²) in [5.41, 5.74) is 1.91. The lowest BCUT2D eigenvalue weighted by atomic mass is 9.84. The summed E-state index contributed by atoms with van der Waals surface area (Å²) in [6.07, 6.45) is 6.25. The Balaban J connectivity index is 1.87. The van der Waals surface area contributed by atoms with Gasteiger partial charge in [-0.1, -0.05) is 18.2 Å². The first kappa shape index (κ1) is 12.0. The summed E-state index contributed by atoms with van der Waals surface area (Å²) >= 11 is 0. The lowest BCUT2D eigenvalue weighted by Crippen LogP contribution is -2.28. The van der Waals surface area contributed by atoms with Crippen LogP contribution in [0.2, 0.25) is 0 Å². The predicted molar refractivity (Wildman–Crippen MR) is 68.0 cm³/mol. The maximum Gasteiger partial charge on any atom is 0.334 e. The van der Waals surface area contributed by atoms with E-state index in [9.17, 15) is 4.79 Å². The highest BCUT2D eigenvalue weighted by Gasteiger charge is 2.61. The van der Waals surface area contributed by atoms with E-state index >= 15 is 0 Å². The van der Waals surface area contributed by atoms with E-state index in [2.05, 4.69) is 26.5 Å². The lowest BCUT2D eigenvalue weighted by Gasteiger charge is -2.19. The molecule has 0 radical (unpaired) electrons. The Labute approximate surface area is 108 Å². The average Bonchev–Trinajstić information content (AvgIpc) is 2.90. The highest BCUT2D eigenvalue weighted by atomic mass is 16.6. The van der Waals surface area contributed by atoms with Crippen LogP contribution in [0.5, 0.6) is 0 Å². The molecule has 18 heavy (non-hydrogen) atoms. The van der Waals surface area contributed by atoms with E-state index in [1.165, 1.54) is 5.57 Å². The van der Waals surface area contributed by atoms with Crippen LogP contribution in [0.1, 0.15) is 39.5 Å². The molecule has 3 rings (SSSR count). The van der Waals surface area contributed by atoms with Gasteiger partial charge in [-0.3, -0.25) is 0 Å². The summed E-state index contributed by atoms with van der Waals surface area (Å²) in [6.45, 7) is 8.17. The van der Waals surface area contributed by atoms with Crippen molar-refractivity contribution in [3.05, 3.63) is 23.8 Å². The van der Waals surface area contributed by atoms with Crippen LogP contribution in [-0.4, -0.2) is 23.8 Å². The molecular formula is C15H20O3. The number of rotatable bonds is 0. The number of allylic oxidation sites excluding steroid dienone is 2. The Morgan fingerprint density at radius 3 is 3.06 bits per heavy atom. The summed E-state index contributed by atoms with van der Waals surface area (Å²) in [5, 5.41) is 0. The highest BCUT2D eigenvalue weighted by Crippen LogP contribution is 2.49. The summed E-state index contributed by atoms with van der Waals surface area (Å²) in [6, 6.07) is 0. The monoisotopic (exact) mass is 248 g/mol. The number of esters is 1. The number of carbonyl (C=O) groups excluding carboxylic acids is 1. The van der Waals surface area contributed by atoms with Gasteiger partial charge in [-0.15, -0.1) is 0 Å². The molecule has 1 aliphatic carbocycles. The Morgan fingerprint density at radius 2 is 2.28 bits per heavy atom. The third-order valence-corrected chi connectivity index (χ3v) is 4.57. The number of ether oxygens (including phenoxy) is 2. The van der Waals surface area contributed by atoms with Gasteiger partial charge in [-0.2, -0.15) is 0 Å².